The van der Waals surface area contributed by atoms with Gasteiger partial charge in [-0.25, -0.2) is 13.6 Å². The number of hydrogen-bond donors (Lipinski definition) is 2. The summed E-state index contributed by atoms with van der Waals surface area (Å²) in [7, 11) is 0. The summed E-state index contributed by atoms with van der Waals surface area (Å²) in [6.45, 7) is 0.131. The molecule has 1 aliphatic rings. The lowest BCUT2D eigenvalue weighted by molar-refractivity contribution is -0.141. The molecular weight excluding hydrogens is 476 g/mol. The number of aliphatic carboxylic acids is 1. The Hall–Kier alpha value is -3.43. The van der Waals surface area contributed by atoms with Crippen LogP contribution in [0, 0.1) is 11.6 Å². The Morgan fingerprint density at radius 1 is 1.09 bits per heavy atom. The van der Waals surface area contributed by atoms with Crippen molar-refractivity contribution in [3.63, 3.8) is 0 Å². The molecule has 3 aromatic carbocycles. The molecule has 0 aromatic heterocycles. The van der Waals surface area contributed by atoms with Crippen LogP contribution in [0.3, 0.4) is 0 Å². The number of carboxylic acid groups (broad SMARTS) is 1. The van der Waals surface area contributed by atoms with Crippen LogP contribution >= 0.6 is 11.8 Å². The van der Waals surface area contributed by atoms with Crippen LogP contribution in [0.5, 0.6) is 5.75 Å². The Labute approximate surface area is 205 Å². The summed E-state index contributed by atoms with van der Waals surface area (Å²) in [6.07, 6.45) is 0.927. The monoisotopic (exact) mass is 499 g/mol. The van der Waals surface area contributed by atoms with Gasteiger partial charge >= 0.3 is 5.97 Å². The van der Waals surface area contributed by atoms with Gasteiger partial charge in [-0.2, -0.15) is 0 Å². The third-order valence-electron chi connectivity index (χ3n) is 5.81. The van der Waals surface area contributed by atoms with Crippen LogP contribution in [0.1, 0.15) is 22.3 Å². The van der Waals surface area contributed by atoms with Gasteiger partial charge in [0.05, 0.1) is 6.10 Å². The van der Waals surface area contributed by atoms with Gasteiger partial charge in [0.1, 0.15) is 18.4 Å². The van der Waals surface area contributed by atoms with Gasteiger partial charge in [-0.15, -0.1) is 11.8 Å². The van der Waals surface area contributed by atoms with E-state index in [4.69, 9.17) is 4.74 Å². The predicted octanol–water partition coefficient (Wildman–Crippen LogP) is 4.59. The van der Waals surface area contributed by atoms with Crippen molar-refractivity contribution in [1.29, 1.82) is 0 Å². The van der Waals surface area contributed by atoms with Gasteiger partial charge in [0.2, 0.25) is 0 Å². The van der Waals surface area contributed by atoms with E-state index >= 15 is 0 Å². The standard InChI is InChI=1S/C26H23F2NO5S/c1-35-24-12-22(28)21(27)11-20(24)16-5-7-19(8-6-16)34-14-15-3-2-4-17(9-15)25(31)29-13-18(30)10-23(29)26(32)33/h2-9,11-12,18,23,30H,10,13-14H2,1H3,(H,32,33)/t18-,23+/m1/s1. The first-order chi connectivity index (χ1) is 16.8. The summed E-state index contributed by atoms with van der Waals surface area (Å²) in [5.41, 5.74) is 2.32. The maximum absolute atomic E-state index is 13.8. The first-order valence-corrected chi connectivity index (χ1v) is 12.1. The van der Waals surface area contributed by atoms with Crippen LogP contribution in [0.15, 0.2) is 65.6 Å². The van der Waals surface area contributed by atoms with Crippen molar-refractivity contribution in [1.82, 2.24) is 4.90 Å². The van der Waals surface area contributed by atoms with Crippen molar-refractivity contribution in [2.45, 2.75) is 30.1 Å². The summed E-state index contributed by atoms with van der Waals surface area (Å²) < 4.78 is 33.1. The SMILES string of the molecule is CSc1cc(F)c(F)cc1-c1ccc(OCc2cccc(C(=O)N3C[C@H](O)C[C@H]3C(=O)O)c2)cc1. The molecule has 1 saturated heterocycles. The summed E-state index contributed by atoms with van der Waals surface area (Å²) in [4.78, 5) is 26.1. The number of hydrogen-bond acceptors (Lipinski definition) is 5. The number of aliphatic hydroxyl groups is 1. The molecular formula is C26H23F2NO5S. The molecule has 0 saturated carbocycles. The highest BCUT2D eigenvalue weighted by Crippen LogP contribution is 2.33. The van der Waals surface area contributed by atoms with Crippen LogP contribution in [0.4, 0.5) is 8.78 Å². The highest BCUT2D eigenvalue weighted by molar-refractivity contribution is 7.98. The molecule has 182 valence electrons. The maximum atomic E-state index is 13.8. The average Bonchev–Trinajstić information content (AvgIpc) is 3.26. The largest absolute Gasteiger partial charge is 0.489 e. The van der Waals surface area contributed by atoms with Gasteiger partial charge < -0.3 is 19.8 Å². The molecule has 1 heterocycles. The molecule has 0 spiro atoms. The molecule has 0 radical (unpaired) electrons. The first-order valence-electron chi connectivity index (χ1n) is 10.8. The lowest BCUT2D eigenvalue weighted by atomic mass is 10.1. The Morgan fingerprint density at radius 3 is 2.49 bits per heavy atom. The number of likely N-dealkylation sites (tertiary alicyclic amines) is 1. The van der Waals surface area contributed by atoms with Crippen LogP contribution in [0.2, 0.25) is 0 Å². The van der Waals surface area contributed by atoms with Crippen molar-refractivity contribution >= 4 is 23.6 Å². The van der Waals surface area contributed by atoms with Crippen LogP contribution in [0.25, 0.3) is 11.1 Å². The second-order valence-electron chi connectivity index (χ2n) is 8.18. The van der Waals surface area contributed by atoms with E-state index in [1.54, 1.807) is 54.8 Å². The quantitative estimate of drug-likeness (QED) is 0.463. The predicted molar refractivity (Wildman–Crippen MR) is 127 cm³/mol. The zero-order valence-corrected chi connectivity index (χ0v) is 19.6. The summed E-state index contributed by atoms with van der Waals surface area (Å²) in [6, 6.07) is 14.9. The van der Waals surface area contributed by atoms with Gasteiger partial charge in [0.15, 0.2) is 11.6 Å². The molecule has 2 atom stereocenters. The van der Waals surface area contributed by atoms with Gasteiger partial charge in [-0.3, -0.25) is 4.79 Å². The summed E-state index contributed by atoms with van der Waals surface area (Å²) >= 11 is 1.32. The molecule has 6 nitrogen and oxygen atoms in total. The number of benzene rings is 3. The minimum atomic E-state index is -1.15. The number of carbonyl (C=O) groups is 2. The van der Waals surface area contributed by atoms with E-state index in [0.717, 1.165) is 0 Å². The van der Waals surface area contributed by atoms with E-state index in [2.05, 4.69) is 0 Å². The fraction of sp³-hybridized carbons (Fsp3) is 0.231. The Balaban J connectivity index is 1.45. The number of amides is 1. The minimum absolute atomic E-state index is 0.00285. The molecule has 3 aromatic rings. The third kappa shape index (κ3) is 5.47. The highest BCUT2D eigenvalue weighted by Gasteiger charge is 2.39. The molecule has 0 bridgehead atoms. The summed E-state index contributed by atoms with van der Waals surface area (Å²) in [5, 5.41) is 19.2. The Morgan fingerprint density at radius 2 is 1.80 bits per heavy atom. The van der Waals surface area contributed by atoms with Crippen LogP contribution in [-0.2, 0) is 11.4 Å². The first kappa shape index (κ1) is 24.7. The number of nitrogens with zero attached hydrogens (tertiary/aromatic N) is 1. The number of aliphatic hydroxyl groups excluding tert-OH is 1. The zero-order chi connectivity index (χ0) is 25.1. The lowest BCUT2D eigenvalue weighted by Gasteiger charge is -2.21. The van der Waals surface area contributed by atoms with Crippen molar-refractivity contribution in [3.8, 4) is 16.9 Å². The van der Waals surface area contributed by atoms with E-state index in [1.165, 1.54) is 28.8 Å². The van der Waals surface area contributed by atoms with E-state index in [9.17, 15) is 28.6 Å². The van der Waals surface area contributed by atoms with Crippen LogP contribution in [-0.4, -0.2) is 51.9 Å². The van der Waals surface area contributed by atoms with E-state index in [1.807, 2.05) is 0 Å². The molecule has 2 N–H and O–H groups in total. The zero-order valence-electron chi connectivity index (χ0n) is 18.8. The van der Waals surface area contributed by atoms with Crippen molar-refractivity contribution in [2.24, 2.45) is 0 Å². The van der Waals surface area contributed by atoms with Crippen molar-refractivity contribution in [3.05, 3.63) is 83.4 Å². The van der Waals surface area contributed by atoms with Gasteiger partial charge in [0, 0.05) is 23.4 Å². The Bertz CT molecular complexity index is 1250. The molecule has 4 rings (SSSR count). The Kier molecular flexibility index (Phi) is 7.37. The molecule has 1 fully saturated rings. The molecule has 35 heavy (non-hydrogen) atoms. The van der Waals surface area contributed by atoms with Crippen molar-refractivity contribution in [2.75, 3.05) is 12.8 Å². The smallest absolute Gasteiger partial charge is 0.326 e. The number of thioether (sulfide) groups is 1. The number of β-amino-alcohol motifs (C(OH)–C–C–N with tert-alkyl or cyclic N) is 1. The number of carbonyl (C=O) groups excluding carboxylic acids is 1. The van der Waals surface area contributed by atoms with Crippen LogP contribution < -0.4 is 4.74 Å². The third-order valence-corrected chi connectivity index (χ3v) is 6.59. The van der Waals surface area contributed by atoms with Gasteiger partial charge in [0.25, 0.3) is 5.91 Å². The molecule has 0 unspecified atom stereocenters. The van der Waals surface area contributed by atoms with Gasteiger partial charge in [-0.05, 0) is 59.3 Å². The molecule has 9 heteroatoms. The highest BCUT2D eigenvalue weighted by atomic mass is 32.2. The number of ether oxygens (including phenoxy) is 1. The van der Waals surface area contributed by atoms with E-state index in [-0.39, 0.29) is 19.6 Å². The van der Waals surface area contributed by atoms with Gasteiger partial charge in [-0.1, -0.05) is 24.3 Å². The fourth-order valence-corrected chi connectivity index (χ4v) is 4.67. The molecule has 1 aliphatic heterocycles. The maximum Gasteiger partial charge on any atom is 0.326 e. The second-order valence-corrected chi connectivity index (χ2v) is 9.03. The van der Waals surface area contributed by atoms with E-state index in [0.29, 0.717) is 32.9 Å². The number of carboxylic acids is 1. The number of halogens is 2. The second kappa shape index (κ2) is 10.5. The normalized spacial score (nSPS) is 17.4. The van der Waals surface area contributed by atoms with Crippen molar-refractivity contribution < 1.29 is 33.3 Å². The average molecular weight is 500 g/mol. The topological polar surface area (TPSA) is 87.1 Å². The lowest BCUT2D eigenvalue weighted by Crippen LogP contribution is -2.40. The molecule has 1 amide bonds. The summed E-state index contributed by atoms with van der Waals surface area (Å²) in [5.74, 6) is -2.86. The minimum Gasteiger partial charge on any atom is -0.489 e. The fourth-order valence-electron chi connectivity index (χ4n) is 4.05. The van der Waals surface area contributed by atoms with E-state index < -0.39 is 35.7 Å². The molecule has 0 aliphatic carbocycles. The number of rotatable bonds is 7.